The molecule has 3 nitrogen and oxygen atoms in total. The van der Waals surface area contributed by atoms with Crippen molar-refractivity contribution in [3.63, 3.8) is 0 Å². The van der Waals surface area contributed by atoms with Crippen molar-refractivity contribution in [1.82, 2.24) is 0 Å². The van der Waals surface area contributed by atoms with E-state index in [1.807, 2.05) is 6.07 Å². The number of aromatic hydroxyl groups is 1. The van der Waals surface area contributed by atoms with Gasteiger partial charge in [0.15, 0.2) is 0 Å². The van der Waals surface area contributed by atoms with Gasteiger partial charge in [0.2, 0.25) is 0 Å². The summed E-state index contributed by atoms with van der Waals surface area (Å²) in [5.41, 5.74) is 2.32. The van der Waals surface area contributed by atoms with Crippen molar-refractivity contribution < 1.29 is 15.0 Å². The van der Waals surface area contributed by atoms with Crippen LogP contribution in [0.15, 0.2) is 49.0 Å². The first-order valence-corrected chi connectivity index (χ1v) is 5.41. The Labute approximate surface area is 105 Å². The van der Waals surface area contributed by atoms with Gasteiger partial charge in [-0.2, -0.15) is 0 Å². The van der Waals surface area contributed by atoms with Gasteiger partial charge in [0.05, 0.1) is 5.56 Å². The molecule has 2 aromatic carbocycles. The first kappa shape index (κ1) is 11.9. The summed E-state index contributed by atoms with van der Waals surface area (Å²) in [6.45, 7) is 3.69. The van der Waals surface area contributed by atoms with Crippen molar-refractivity contribution in [2.45, 2.75) is 0 Å². The maximum atomic E-state index is 11.2. The fraction of sp³-hybridized carbons (Fsp3) is 0. The van der Waals surface area contributed by atoms with Crippen molar-refractivity contribution in [2.24, 2.45) is 0 Å². The third-order valence-corrected chi connectivity index (χ3v) is 2.70. The molecule has 0 spiro atoms. The maximum absolute atomic E-state index is 11.2. The molecule has 0 saturated carbocycles. The quantitative estimate of drug-likeness (QED) is 0.864. The minimum Gasteiger partial charge on any atom is -0.508 e. The highest BCUT2D eigenvalue weighted by molar-refractivity contribution is 5.98. The van der Waals surface area contributed by atoms with Gasteiger partial charge in [-0.25, -0.2) is 4.79 Å². The van der Waals surface area contributed by atoms with Crippen LogP contribution in [0.2, 0.25) is 0 Å². The molecule has 18 heavy (non-hydrogen) atoms. The minimum absolute atomic E-state index is 0.145. The van der Waals surface area contributed by atoms with Gasteiger partial charge in [0, 0.05) is 5.56 Å². The highest BCUT2D eigenvalue weighted by atomic mass is 16.4. The number of hydrogen-bond acceptors (Lipinski definition) is 2. The fourth-order valence-corrected chi connectivity index (χ4v) is 1.87. The van der Waals surface area contributed by atoms with Gasteiger partial charge in [0.1, 0.15) is 5.75 Å². The molecule has 2 N–H and O–H groups in total. The summed E-state index contributed by atoms with van der Waals surface area (Å²) < 4.78 is 0. The highest BCUT2D eigenvalue weighted by Gasteiger charge is 2.14. The molecule has 0 atom stereocenters. The van der Waals surface area contributed by atoms with Crippen LogP contribution in [-0.2, 0) is 0 Å². The summed E-state index contributed by atoms with van der Waals surface area (Å²) >= 11 is 0. The largest absolute Gasteiger partial charge is 0.508 e. The monoisotopic (exact) mass is 240 g/mol. The molecule has 0 bridgehead atoms. The summed E-state index contributed by atoms with van der Waals surface area (Å²) in [7, 11) is 0. The Morgan fingerprint density at radius 1 is 1.11 bits per heavy atom. The van der Waals surface area contributed by atoms with Crippen molar-refractivity contribution >= 4 is 12.0 Å². The number of aromatic carboxylic acids is 1. The van der Waals surface area contributed by atoms with E-state index in [9.17, 15) is 15.0 Å². The second kappa shape index (κ2) is 4.75. The molecular weight excluding hydrogens is 228 g/mol. The topological polar surface area (TPSA) is 57.5 Å². The minimum atomic E-state index is -0.984. The number of rotatable bonds is 3. The average Bonchev–Trinajstić information content (AvgIpc) is 2.38. The lowest BCUT2D eigenvalue weighted by Gasteiger charge is -2.10. The van der Waals surface area contributed by atoms with Gasteiger partial charge in [-0.3, -0.25) is 0 Å². The number of hydrogen-bond donors (Lipinski definition) is 2. The lowest BCUT2D eigenvalue weighted by molar-refractivity contribution is 0.0697. The molecule has 0 saturated heterocycles. The van der Waals surface area contributed by atoms with Gasteiger partial charge < -0.3 is 10.2 Å². The van der Waals surface area contributed by atoms with E-state index in [1.165, 1.54) is 12.1 Å². The fourth-order valence-electron chi connectivity index (χ4n) is 1.87. The van der Waals surface area contributed by atoms with E-state index in [1.54, 1.807) is 30.3 Å². The van der Waals surface area contributed by atoms with E-state index < -0.39 is 5.97 Å². The Bertz CT molecular complexity index is 598. The smallest absolute Gasteiger partial charge is 0.336 e. The number of carbonyl (C=O) groups is 1. The first-order valence-electron chi connectivity index (χ1n) is 5.41. The second-order valence-corrected chi connectivity index (χ2v) is 3.83. The van der Waals surface area contributed by atoms with Crippen molar-refractivity contribution in [1.29, 1.82) is 0 Å². The molecule has 2 rings (SSSR count). The number of carboxylic acid groups (broad SMARTS) is 1. The van der Waals surface area contributed by atoms with Crippen molar-refractivity contribution in [2.75, 3.05) is 0 Å². The molecule has 0 heterocycles. The van der Waals surface area contributed by atoms with E-state index in [0.29, 0.717) is 5.56 Å². The van der Waals surface area contributed by atoms with E-state index in [4.69, 9.17) is 0 Å². The van der Waals surface area contributed by atoms with E-state index >= 15 is 0 Å². The number of phenols is 1. The molecular formula is C15H12O3. The Hall–Kier alpha value is -2.55. The van der Waals surface area contributed by atoms with Gasteiger partial charge >= 0.3 is 5.97 Å². The summed E-state index contributed by atoms with van der Waals surface area (Å²) in [5, 5.41) is 18.5. The first-order chi connectivity index (χ1) is 8.63. The zero-order valence-corrected chi connectivity index (χ0v) is 9.63. The van der Waals surface area contributed by atoms with Crippen LogP contribution < -0.4 is 0 Å². The van der Waals surface area contributed by atoms with Gasteiger partial charge in [-0.1, -0.05) is 36.9 Å². The van der Waals surface area contributed by atoms with Crippen LogP contribution >= 0.6 is 0 Å². The lowest BCUT2D eigenvalue weighted by Crippen LogP contribution is -2.00. The number of benzene rings is 2. The Morgan fingerprint density at radius 3 is 2.33 bits per heavy atom. The summed E-state index contributed by atoms with van der Waals surface area (Å²) in [4.78, 5) is 11.2. The molecule has 0 radical (unpaired) electrons. The van der Waals surface area contributed by atoms with E-state index in [2.05, 4.69) is 6.58 Å². The molecule has 0 amide bonds. The second-order valence-electron chi connectivity index (χ2n) is 3.83. The molecule has 0 aliphatic carbocycles. The predicted molar refractivity (Wildman–Crippen MR) is 70.6 cm³/mol. The van der Waals surface area contributed by atoms with Crippen LogP contribution in [0, 0.1) is 0 Å². The molecule has 0 aliphatic rings. The van der Waals surface area contributed by atoms with Crippen molar-refractivity contribution in [3.8, 4) is 16.9 Å². The Balaban J connectivity index is 2.71. The summed E-state index contributed by atoms with van der Waals surface area (Å²) in [6, 6.07) is 11.5. The van der Waals surface area contributed by atoms with Gasteiger partial charge in [-0.15, -0.1) is 0 Å². The van der Waals surface area contributed by atoms with Crippen LogP contribution in [0.4, 0.5) is 0 Å². The molecule has 2 aromatic rings. The van der Waals surface area contributed by atoms with Crippen molar-refractivity contribution in [3.05, 3.63) is 60.2 Å². The lowest BCUT2D eigenvalue weighted by atomic mass is 9.94. The molecule has 0 aliphatic heterocycles. The van der Waals surface area contributed by atoms with Crippen LogP contribution in [-0.4, -0.2) is 16.2 Å². The number of phenolic OH excluding ortho intramolecular Hbond substituents is 1. The third-order valence-electron chi connectivity index (χ3n) is 2.70. The standard InChI is InChI=1S/C15H12O3/c1-2-10-4-3-5-13(15(17)18)14(10)11-6-8-12(16)9-7-11/h2-9,16H,1H2,(H,17,18). The van der Waals surface area contributed by atoms with Crippen LogP contribution in [0.25, 0.3) is 17.2 Å². The maximum Gasteiger partial charge on any atom is 0.336 e. The van der Waals surface area contributed by atoms with Gasteiger partial charge in [-0.05, 0) is 29.3 Å². The van der Waals surface area contributed by atoms with Crippen LogP contribution in [0.5, 0.6) is 5.75 Å². The highest BCUT2D eigenvalue weighted by Crippen LogP contribution is 2.29. The molecule has 0 aromatic heterocycles. The third kappa shape index (κ3) is 2.11. The SMILES string of the molecule is C=Cc1cccc(C(=O)O)c1-c1ccc(O)cc1. The molecule has 90 valence electrons. The molecule has 3 heteroatoms. The normalized spacial score (nSPS) is 10.0. The average molecular weight is 240 g/mol. The number of carboxylic acids is 1. The summed E-state index contributed by atoms with van der Waals surface area (Å²) in [6.07, 6.45) is 1.62. The zero-order chi connectivity index (χ0) is 13.1. The van der Waals surface area contributed by atoms with Gasteiger partial charge in [0.25, 0.3) is 0 Å². The zero-order valence-electron chi connectivity index (χ0n) is 9.63. The molecule has 0 unspecified atom stereocenters. The van der Waals surface area contributed by atoms with E-state index in [0.717, 1.165) is 11.1 Å². The van der Waals surface area contributed by atoms with E-state index in [-0.39, 0.29) is 11.3 Å². The van der Waals surface area contributed by atoms with Crippen LogP contribution in [0.3, 0.4) is 0 Å². The molecule has 0 fully saturated rings. The Morgan fingerprint density at radius 2 is 1.78 bits per heavy atom. The summed E-state index contributed by atoms with van der Waals surface area (Å²) in [5.74, 6) is -0.839. The Kier molecular flexibility index (Phi) is 3.15. The predicted octanol–water partition coefficient (Wildman–Crippen LogP) is 3.40. The van der Waals surface area contributed by atoms with Crippen LogP contribution in [0.1, 0.15) is 15.9 Å².